The van der Waals surface area contributed by atoms with E-state index in [1.807, 2.05) is 31.2 Å². The van der Waals surface area contributed by atoms with Gasteiger partial charge in [-0.3, -0.25) is 0 Å². The fourth-order valence-corrected chi connectivity index (χ4v) is 3.30. The van der Waals surface area contributed by atoms with E-state index < -0.39 is 11.9 Å². The number of methoxy groups -OCH3 is 1. The second-order valence-corrected chi connectivity index (χ2v) is 6.87. The molecule has 2 aromatic carbocycles. The molecular weight excluding hydrogens is 398 g/mol. The number of hydrogen-bond acceptors (Lipinski definition) is 8. The average Bonchev–Trinajstić information content (AvgIpc) is 3.23. The minimum atomic E-state index is -0.545. The molecule has 156 valence electrons. The number of rotatable bonds is 5. The lowest BCUT2D eigenvalue weighted by atomic mass is 10.0. The van der Waals surface area contributed by atoms with Gasteiger partial charge in [0.1, 0.15) is 6.61 Å². The Morgan fingerprint density at radius 2 is 1.71 bits per heavy atom. The predicted molar refractivity (Wildman–Crippen MR) is 111 cm³/mol. The second-order valence-electron chi connectivity index (χ2n) is 6.87. The number of fused-ring (bicyclic) bond motifs is 1. The zero-order chi connectivity index (χ0) is 22.0. The van der Waals surface area contributed by atoms with Gasteiger partial charge in [-0.2, -0.15) is 4.98 Å². The first-order valence-corrected chi connectivity index (χ1v) is 9.52. The molecule has 0 aliphatic rings. The van der Waals surface area contributed by atoms with Gasteiger partial charge in [0, 0.05) is 10.9 Å². The summed E-state index contributed by atoms with van der Waals surface area (Å²) in [5, 5.41) is 4.59. The monoisotopic (exact) mass is 417 g/mol. The van der Waals surface area contributed by atoms with Crippen molar-refractivity contribution in [1.82, 2.24) is 15.1 Å². The minimum Gasteiger partial charge on any atom is -0.465 e. The van der Waals surface area contributed by atoms with Crippen LogP contribution in [0, 0.1) is 13.8 Å². The molecule has 0 N–H and O–H groups in total. The van der Waals surface area contributed by atoms with E-state index in [2.05, 4.69) is 15.1 Å². The van der Waals surface area contributed by atoms with Crippen LogP contribution in [0.25, 0.3) is 22.4 Å². The van der Waals surface area contributed by atoms with Crippen LogP contribution in [-0.2, 0) is 16.1 Å². The summed E-state index contributed by atoms with van der Waals surface area (Å²) in [7, 11) is 1.30. The molecule has 8 nitrogen and oxygen atoms in total. The van der Waals surface area contributed by atoms with Crippen molar-refractivity contribution in [3.63, 3.8) is 0 Å². The molecule has 0 aliphatic carbocycles. The van der Waals surface area contributed by atoms with Crippen LogP contribution in [0.5, 0.6) is 0 Å². The van der Waals surface area contributed by atoms with Gasteiger partial charge in [0.15, 0.2) is 5.82 Å². The van der Waals surface area contributed by atoms with Crippen molar-refractivity contribution < 1.29 is 23.6 Å². The third kappa shape index (κ3) is 4.00. The Hall–Kier alpha value is -4.07. The third-order valence-corrected chi connectivity index (χ3v) is 4.85. The van der Waals surface area contributed by atoms with Gasteiger partial charge < -0.3 is 14.0 Å². The molecular formula is C23H19N3O5. The summed E-state index contributed by atoms with van der Waals surface area (Å²) < 4.78 is 15.5. The summed E-state index contributed by atoms with van der Waals surface area (Å²) in [4.78, 5) is 33.6. The molecule has 2 heterocycles. The summed E-state index contributed by atoms with van der Waals surface area (Å²) in [6.45, 7) is 3.38. The second kappa shape index (κ2) is 8.35. The predicted octanol–water partition coefficient (Wildman–Crippen LogP) is 4.05. The van der Waals surface area contributed by atoms with Crippen molar-refractivity contribution in [2.24, 2.45) is 0 Å². The first kappa shape index (κ1) is 20.2. The maximum Gasteiger partial charge on any atom is 0.340 e. The Bertz CT molecular complexity index is 1280. The molecule has 0 fully saturated rings. The largest absolute Gasteiger partial charge is 0.465 e. The molecule has 0 atom stereocenters. The minimum absolute atomic E-state index is 0.167. The van der Waals surface area contributed by atoms with Gasteiger partial charge in [-0.25, -0.2) is 14.6 Å². The van der Waals surface area contributed by atoms with Crippen LogP contribution in [0.1, 0.15) is 37.8 Å². The molecule has 4 rings (SSSR count). The highest BCUT2D eigenvalue weighted by Gasteiger charge is 2.21. The first-order chi connectivity index (χ1) is 15.0. The number of esters is 2. The van der Waals surface area contributed by atoms with Crippen molar-refractivity contribution in [3.05, 3.63) is 76.7 Å². The smallest absolute Gasteiger partial charge is 0.340 e. The molecule has 31 heavy (non-hydrogen) atoms. The summed E-state index contributed by atoms with van der Waals surface area (Å²) in [5.41, 5.74) is 3.11. The van der Waals surface area contributed by atoms with Gasteiger partial charge in [-0.05, 0) is 49.7 Å². The fraction of sp³-hybridized carbons (Fsp3) is 0.174. The molecule has 2 aromatic heterocycles. The molecule has 0 aliphatic heterocycles. The van der Waals surface area contributed by atoms with E-state index in [0.717, 1.165) is 10.9 Å². The Balaban J connectivity index is 1.57. The van der Waals surface area contributed by atoms with Crippen LogP contribution in [-0.4, -0.2) is 34.2 Å². The van der Waals surface area contributed by atoms with Gasteiger partial charge >= 0.3 is 11.9 Å². The van der Waals surface area contributed by atoms with E-state index in [1.165, 1.54) is 7.11 Å². The molecule has 0 amide bonds. The van der Waals surface area contributed by atoms with Gasteiger partial charge in [0.25, 0.3) is 5.89 Å². The van der Waals surface area contributed by atoms with Crippen LogP contribution in [0.4, 0.5) is 0 Å². The van der Waals surface area contributed by atoms with Crippen LogP contribution >= 0.6 is 0 Å². The molecule has 0 radical (unpaired) electrons. The highest BCUT2D eigenvalue weighted by molar-refractivity contribution is 5.98. The fourth-order valence-electron chi connectivity index (χ4n) is 3.30. The summed E-state index contributed by atoms with van der Waals surface area (Å²) in [6.07, 6.45) is 0. The normalized spacial score (nSPS) is 10.8. The highest BCUT2D eigenvalue weighted by Crippen LogP contribution is 2.24. The van der Waals surface area contributed by atoms with Gasteiger partial charge in [0.05, 0.1) is 29.4 Å². The average molecular weight is 417 g/mol. The maximum absolute atomic E-state index is 12.6. The quantitative estimate of drug-likeness (QED) is 0.448. The zero-order valence-corrected chi connectivity index (χ0v) is 17.2. The standard InChI is InChI=1S/C23H19N3O5/c1-13-17-6-4-5-7-18(17)25-19(20(13)23(28)29-3)12-30-22(27)16-10-8-15(9-11-16)21-24-14(2)26-31-21/h4-11H,12H2,1-3H3. The van der Waals surface area contributed by atoms with Gasteiger partial charge in [-0.15, -0.1) is 0 Å². The Kier molecular flexibility index (Phi) is 5.44. The number of pyridine rings is 1. The van der Waals surface area contributed by atoms with Crippen molar-refractivity contribution in [2.75, 3.05) is 7.11 Å². The number of hydrogen-bond donors (Lipinski definition) is 0. The van der Waals surface area contributed by atoms with Crippen LogP contribution < -0.4 is 0 Å². The van der Waals surface area contributed by atoms with Crippen LogP contribution in [0.15, 0.2) is 53.1 Å². The summed E-state index contributed by atoms with van der Waals surface area (Å²) >= 11 is 0. The van der Waals surface area contributed by atoms with Crippen LogP contribution in [0.3, 0.4) is 0 Å². The number of nitrogens with zero attached hydrogens (tertiary/aromatic N) is 3. The number of aromatic nitrogens is 3. The lowest BCUT2D eigenvalue weighted by Gasteiger charge is -2.13. The topological polar surface area (TPSA) is 104 Å². The first-order valence-electron chi connectivity index (χ1n) is 9.52. The third-order valence-electron chi connectivity index (χ3n) is 4.85. The molecule has 0 saturated heterocycles. The lowest BCUT2D eigenvalue weighted by molar-refractivity contribution is 0.0455. The van der Waals surface area contributed by atoms with Crippen LogP contribution in [0.2, 0.25) is 0 Å². The van der Waals surface area contributed by atoms with E-state index in [1.54, 1.807) is 31.2 Å². The number of aryl methyl sites for hydroxylation is 2. The van der Waals surface area contributed by atoms with E-state index in [-0.39, 0.29) is 6.61 Å². The molecule has 0 bridgehead atoms. The van der Waals surface area contributed by atoms with E-state index in [4.69, 9.17) is 14.0 Å². The maximum atomic E-state index is 12.6. The van der Waals surface area contributed by atoms with Crippen molar-refractivity contribution in [1.29, 1.82) is 0 Å². The van der Waals surface area contributed by atoms with E-state index >= 15 is 0 Å². The number of para-hydroxylation sites is 1. The number of ether oxygens (including phenoxy) is 2. The summed E-state index contributed by atoms with van der Waals surface area (Å²) in [6, 6.07) is 14.1. The van der Waals surface area contributed by atoms with Gasteiger partial charge in [0.2, 0.25) is 0 Å². The number of carbonyl (C=O) groups is 2. The highest BCUT2D eigenvalue weighted by atomic mass is 16.5. The summed E-state index contributed by atoms with van der Waals surface area (Å²) in [5.74, 6) is -0.174. The SMILES string of the molecule is COC(=O)c1c(COC(=O)c2ccc(-c3nc(C)no3)cc2)nc2ccccc2c1C. The van der Waals surface area contributed by atoms with Crippen molar-refractivity contribution >= 4 is 22.8 Å². The zero-order valence-electron chi connectivity index (χ0n) is 17.2. The Labute approximate surface area is 177 Å². The Morgan fingerprint density at radius 3 is 2.39 bits per heavy atom. The van der Waals surface area contributed by atoms with E-state index in [9.17, 15) is 9.59 Å². The number of benzene rings is 2. The Morgan fingerprint density at radius 1 is 0.968 bits per heavy atom. The molecule has 0 saturated carbocycles. The molecule has 0 unspecified atom stereocenters. The van der Waals surface area contributed by atoms with E-state index in [0.29, 0.717) is 39.6 Å². The van der Waals surface area contributed by atoms with Crippen molar-refractivity contribution in [2.45, 2.75) is 20.5 Å². The van der Waals surface area contributed by atoms with Crippen molar-refractivity contribution in [3.8, 4) is 11.5 Å². The molecule has 4 aromatic rings. The lowest BCUT2D eigenvalue weighted by Crippen LogP contribution is -2.14. The number of carbonyl (C=O) groups excluding carboxylic acids is 2. The molecule has 8 heteroatoms. The van der Waals surface area contributed by atoms with Gasteiger partial charge in [-0.1, -0.05) is 23.4 Å². The molecule has 0 spiro atoms.